The van der Waals surface area contributed by atoms with Crippen molar-refractivity contribution in [3.63, 3.8) is 0 Å². The Morgan fingerprint density at radius 2 is 2.29 bits per heavy atom. The molecule has 0 N–H and O–H groups in total. The first-order valence-electron chi connectivity index (χ1n) is 6.54. The van der Waals surface area contributed by atoms with Crippen LogP contribution in [0.25, 0.3) is 0 Å². The van der Waals surface area contributed by atoms with Crippen LogP contribution in [0.2, 0.25) is 0 Å². The van der Waals surface area contributed by atoms with Gasteiger partial charge in [-0.05, 0) is 31.6 Å². The zero-order valence-electron chi connectivity index (χ0n) is 11.2. The third kappa shape index (κ3) is 3.27. The Hall–Kier alpha value is -0.930. The van der Waals surface area contributed by atoms with Gasteiger partial charge in [-0.3, -0.25) is 9.88 Å². The van der Waals surface area contributed by atoms with Gasteiger partial charge in [-0.2, -0.15) is 0 Å². The van der Waals surface area contributed by atoms with Crippen molar-refractivity contribution in [2.24, 2.45) is 0 Å². The van der Waals surface area contributed by atoms with Gasteiger partial charge in [-0.25, -0.2) is 0 Å². The summed E-state index contributed by atoms with van der Waals surface area (Å²) in [7, 11) is 2.18. The fourth-order valence-electron chi connectivity index (χ4n) is 2.27. The first kappa shape index (κ1) is 12.5. The molecule has 0 aliphatic carbocycles. The summed E-state index contributed by atoms with van der Waals surface area (Å²) in [6, 6.07) is 2.29. The van der Waals surface area contributed by atoms with E-state index in [1.807, 2.05) is 6.20 Å². The molecule has 0 fully saturated rings. The number of pyridine rings is 1. The van der Waals surface area contributed by atoms with E-state index in [0.717, 1.165) is 39.1 Å². The average molecular weight is 233 g/mol. The van der Waals surface area contributed by atoms with Crippen LogP contribution in [0.3, 0.4) is 0 Å². The second-order valence-corrected chi connectivity index (χ2v) is 5.04. The van der Waals surface area contributed by atoms with Gasteiger partial charge < -0.3 is 4.90 Å². The fraction of sp³-hybridized carbons (Fsp3) is 0.643. The van der Waals surface area contributed by atoms with Gasteiger partial charge in [0.05, 0.1) is 0 Å². The Morgan fingerprint density at radius 1 is 1.47 bits per heavy atom. The molecule has 0 atom stereocenters. The number of aromatic nitrogens is 1. The Kier molecular flexibility index (Phi) is 4.13. The second-order valence-electron chi connectivity index (χ2n) is 5.04. The largest absolute Gasteiger partial charge is 0.305 e. The van der Waals surface area contributed by atoms with Crippen LogP contribution in [0.5, 0.6) is 0 Å². The summed E-state index contributed by atoms with van der Waals surface area (Å²) in [4.78, 5) is 9.43. The molecule has 0 amide bonds. The summed E-state index contributed by atoms with van der Waals surface area (Å²) in [5, 5.41) is 0. The van der Waals surface area contributed by atoms with Crippen molar-refractivity contribution in [2.75, 3.05) is 33.2 Å². The number of aryl methyl sites for hydroxylation is 1. The molecule has 0 bridgehead atoms. The highest BCUT2D eigenvalue weighted by atomic mass is 15.2. The molecule has 3 heteroatoms. The topological polar surface area (TPSA) is 19.4 Å². The van der Waals surface area contributed by atoms with Crippen molar-refractivity contribution in [1.82, 2.24) is 14.8 Å². The molecule has 1 aromatic heterocycles. The third-order valence-electron chi connectivity index (χ3n) is 3.59. The maximum absolute atomic E-state index is 4.53. The maximum atomic E-state index is 4.53. The molecule has 2 rings (SSSR count). The minimum absolute atomic E-state index is 1.07. The number of nitrogens with zero attached hydrogens (tertiary/aromatic N) is 3. The first-order valence-corrected chi connectivity index (χ1v) is 6.54. The number of hydrogen-bond acceptors (Lipinski definition) is 3. The predicted molar refractivity (Wildman–Crippen MR) is 71.1 cm³/mol. The van der Waals surface area contributed by atoms with Crippen LogP contribution in [0.1, 0.15) is 23.7 Å². The fourth-order valence-corrected chi connectivity index (χ4v) is 2.27. The molecule has 0 saturated heterocycles. The van der Waals surface area contributed by atoms with E-state index in [9.17, 15) is 0 Å². The standard InChI is InChI=1S/C14H23N3/c1-4-16(3)7-8-17-6-5-14-13(11-17)9-12(2)10-15-14/h9-10H,4-8,11H2,1-3H3. The van der Waals surface area contributed by atoms with Gasteiger partial charge in [0.15, 0.2) is 0 Å². The van der Waals surface area contributed by atoms with Gasteiger partial charge in [0.2, 0.25) is 0 Å². The summed E-state index contributed by atoms with van der Waals surface area (Å²) >= 11 is 0. The normalized spacial score (nSPS) is 16.2. The molecule has 2 heterocycles. The monoisotopic (exact) mass is 233 g/mol. The van der Waals surface area contributed by atoms with Gasteiger partial charge in [-0.15, -0.1) is 0 Å². The Labute approximate surface area is 104 Å². The average Bonchev–Trinajstić information content (AvgIpc) is 2.35. The third-order valence-corrected chi connectivity index (χ3v) is 3.59. The number of hydrogen-bond donors (Lipinski definition) is 0. The lowest BCUT2D eigenvalue weighted by Gasteiger charge is -2.29. The Bertz CT molecular complexity index is 376. The van der Waals surface area contributed by atoms with E-state index in [1.54, 1.807) is 0 Å². The summed E-state index contributed by atoms with van der Waals surface area (Å²) < 4.78 is 0. The van der Waals surface area contributed by atoms with Crippen molar-refractivity contribution >= 4 is 0 Å². The maximum Gasteiger partial charge on any atom is 0.0461 e. The molecule has 0 aromatic carbocycles. The molecule has 94 valence electrons. The van der Waals surface area contributed by atoms with Crippen molar-refractivity contribution < 1.29 is 0 Å². The van der Waals surface area contributed by atoms with E-state index in [1.165, 1.54) is 16.8 Å². The van der Waals surface area contributed by atoms with Crippen LogP contribution in [0.4, 0.5) is 0 Å². The minimum atomic E-state index is 1.07. The molecule has 0 radical (unpaired) electrons. The van der Waals surface area contributed by atoms with Crippen LogP contribution in [-0.2, 0) is 13.0 Å². The van der Waals surface area contributed by atoms with Gasteiger partial charge in [0.1, 0.15) is 0 Å². The van der Waals surface area contributed by atoms with E-state index in [2.05, 4.69) is 41.7 Å². The number of rotatable bonds is 4. The summed E-state index contributed by atoms with van der Waals surface area (Å²) in [6.45, 7) is 10.0. The van der Waals surface area contributed by atoms with Crippen LogP contribution < -0.4 is 0 Å². The highest BCUT2D eigenvalue weighted by molar-refractivity contribution is 5.26. The molecule has 1 aromatic rings. The molecule has 1 aliphatic heterocycles. The van der Waals surface area contributed by atoms with Gasteiger partial charge in [0, 0.05) is 44.5 Å². The molecular formula is C14H23N3. The highest BCUT2D eigenvalue weighted by Gasteiger charge is 2.16. The lowest BCUT2D eigenvalue weighted by molar-refractivity contribution is 0.214. The van der Waals surface area contributed by atoms with E-state index < -0.39 is 0 Å². The predicted octanol–water partition coefficient (Wildman–Crippen LogP) is 1.70. The quantitative estimate of drug-likeness (QED) is 0.789. The second kappa shape index (κ2) is 5.61. The van der Waals surface area contributed by atoms with Crippen LogP contribution >= 0.6 is 0 Å². The zero-order valence-corrected chi connectivity index (χ0v) is 11.2. The summed E-state index contributed by atoms with van der Waals surface area (Å²) in [5.41, 5.74) is 4.00. The molecule has 1 aliphatic rings. The lowest BCUT2D eigenvalue weighted by atomic mass is 10.0. The van der Waals surface area contributed by atoms with Gasteiger partial charge in [0.25, 0.3) is 0 Å². The van der Waals surface area contributed by atoms with Gasteiger partial charge in [-0.1, -0.05) is 13.0 Å². The summed E-state index contributed by atoms with van der Waals surface area (Å²) in [6.07, 6.45) is 3.09. The summed E-state index contributed by atoms with van der Waals surface area (Å²) in [5.74, 6) is 0. The molecule has 17 heavy (non-hydrogen) atoms. The first-order chi connectivity index (χ1) is 8.19. The Balaban J connectivity index is 1.93. The van der Waals surface area contributed by atoms with Crippen molar-refractivity contribution in [1.29, 1.82) is 0 Å². The molecule has 3 nitrogen and oxygen atoms in total. The Morgan fingerprint density at radius 3 is 3.06 bits per heavy atom. The molecule has 0 spiro atoms. The smallest absolute Gasteiger partial charge is 0.0461 e. The van der Waals surface area contributed by atoms with E-state index in [4.69, 9.17) is 0 Å². The van der Waals surface area contributed by atoms with E-state index in [0.29, 0.717) is 0 Å². The highest BCUT2D eigenvalue weighted by Crippen LogP contribution is 2.17. The van der Waals surface area contributed by atoms with Crippen molar-refractivity contribution in [2.45, 2.75) is 26.8 Å². The van der Waals surface area contributed by atoms with Crippen LogP contribution in [0.15, 0.2) is 12.3 Å². The zero-order chi connectivity index (χ0) is 12.3. The van der Waals surface area contributed by atoms with Crippen LogP contribution in [-0.4, -0.2) is 48.0 Å². The molecular weight excluding hydrogens is 210 g/mol. The minimum Gasteiger partial charge on any atom is -0.305 e. The van der Waals surface area contributed by atoms with E-state index >= 15 is 0 Å². The van der Waals surface area contributed by atoms with Crippen LogP contribution in [0, 0.1) is 6.92 Å². The van der Waals surface area contributed by atoms with Gasteiger partial charge >= 0.3 is 0 Å². The number of likely N-dealkylation sites (N-methyl/N-ethyl adjacent to an activating group) is 1. The molecule has 0 saturated carbocycles. The number of fused-ring (bicyclic) bond motifs is 1. The lowest BCUT2D eigenvalue weighted by Crippen LogP contribution is -2.37. The molecule has 0 unspecified atom stereocenters. The van der Waals surface area contributed by atoms with E-state index in [-0.39, 0.29) is 0 Å². The SMILES string of the molecule is CCN(C)CCN1CCc2ncc(C)cc2C1. The van der Waals surface area contributed by atoms with Crippen molar-refractivity contribution in [3.05, 3.63) is 29.1 Å². The van der Waals surface area contributed by atoms with Crippen molar-refractivity contribution in [3.8, 4) is 0 Å².